The van der Waals surface area contributed by atoms with Crippen LogP contribution in [0.2, 0.25) is 0 Å². The van der Waals surface area contributed by atoms with Gasteiger partial charge in [-0.3, -0.25) is 5.10 Å². The van der Waals surface area contributed by atoms with Crippen LogP contribution in [0.5, 0.6) is 0 Å². The number of aromatic nitrogens is 7. The minimum atomic E-state index is 0.0247. The minimum absolute atomic E-state index is 0.0247. The molecule has 0 amide bonds. The average Bonchev–Trinajstić information content (AvgIpc) is 2.85. The number of nitrogens with zero attached hydrogens (tertiary/aromatic N) is 6. The van der Waals surface area contributed by atoms with Crippen LogP contribution in [0.1, 0.15) is 17.7 Å². The largest absolute Gasteiger partial charge is 0.310 e. The van der Waals surface area contributed by atoms with E-state index < -0.39 is 0 Å². The predicted molar refractivity (Wildman–Crippen MR) is 50.7 cm³/mol. The molecule has 0 fully saturated rings. The van der Waals surface area contributed by atoms with Gasteiger partial charge in [0.25, 0.3) is 0 Å². The summed E-state index contributed by atoms with van der Waals surface area (Å²) >= 11 is 0. The van der Waals surface area contributed by atoms with Crippen LogP contribution in [0.4, 0.5) is 0 Å². The summed E-state index contributed by atoms with van der Waals surface area (Å²) in [4.78, 5) is 5.51. The van der Waals surface area contributed by atoms with Crippen molar-refractivity contribution in [3.05, 3.63) is 18.0 Å². The van der Waals surface area contributed by atoms with E-state index in [1.807, 2.05) is 7.05 Å². The van der Waals surface area contributed by atoms with E-state index in [9.17, 15) is 0 Å². The summed E-state index contributed by atoms with van der Waals surface area (Å²) in [5.41, 5.74) is 0. The second kappa shape index (κ2) is 4.13. The molecule has 0 saturated heterocycles. The van der Waals surface area contributed by atoms with E-state index in [1.165, 1.54) is 11.1 Å². The number of aromatic amines is 1. The van der Waals surface area contributed by atoms with Gasteiger partial charge in [0, 0.05) is 6.42 Å². The van der Waals surface area contributed by atoms with Crippen molar-refractivity contribution in [2.75, 3.05) is 7.05 Å². The van der Waals surface area contributed by atoms with Crippen LogP contribution in [-0.4, -0.2) is 42.4 Å². The number of nitrogens with one attached hydrogen (secondary N) is 2. The summed E-state index contributed by atoms with van der Waals surface area (Å²) in [7, 11) is 3.59. The van der Waals surface area contributed by atoms with Gasteiger partial charge in [0.1, 0.15) is 12.2 Å². The molecule has 1 unspecified atom stereocenters. The predicted octanol–water partition coefficient (Wildman–Crippen LogP) is -1.17. The molecule has 0 aliphatic rings. The maximum absolute atomic E-state index is 4.10. The lowest BCUT2D eigenvalue weighted by Gasteiger charge is -2.09. The molecular formula is C7H12N8. The van der Waals surface area contributed by atoms with Gasteiger partial charge in [0.2, 0.25) is 0 Å². The van der Waals surface area contributed by atoms with Gasteiger partial charge >= 0.3 is 0 Å². The molecule has 2 aromatic heterocycles. The molecule has 2 N–H and O–H groups in total. The van der Waals surface area contributed by atoms with E-state index in [2.05, 4.69) is 35.9 Å². The highest BCUT2D eigenvalue weighted by atomic mass is 15.6. The molecule has 0 spiro atoms. The Morgan fingerprint density at radius 2 is 2.47 bits per heavy atom. The van der Waals surface area contributed by atoms with Gasteiger partial charge in [-0.2, -0.15) is 9.90 Å². The van der Waals surface area contributed by atoms with Gasteiger partial charge in [-0.15, -0.1) is 10.2 Å². The van der Waals surface area contributed by atoms with E-state index in [1.54, 1.807) is 7.05 Å². The van der Waals surface area contributed by atoms with E-state index in [-0.39, 0.29) is 6.04 Å². The van der Waals surface area contributed by atoms with Gasteiger partial charge in [-0.25, -0.2) is 4.98 Å². The number of hydrogen-bond donors (Lipinski definition) is 2. The van der Waals surface area contributed by atoms with Crippen molar-refractivity contribution >= 4 is 0 Å². The molecule has 2 heterocycles. The van der Waals surface area contributed by atoms with Crippen LogP contribution >= 0.6 is 0 Å². The summed E-state index contributed by atoms with van der Waals surface area (Å²) in [5.74, 6) is 1.44. The molecule has 0 radical (unpaired) electrons. The molecule has 1 atom stereocenters. The standard InChI is InChI=1S/C7H12N8/c1-8-5(7-9-4-10-12-7)3-6-11-14-15(2)13-6/h4-5,8H,3H2,1-2H3,(H,9,10,12). The maximum atomic E-state index is 4.10. The molecule has 0 aromatic carbocycles. The van der Waals surface area contributed by atoms with Crippen molar-refractivity contribution in [3.63, 3.8) is 0 Å². The Kier molecular flexibility index (Phi) is 2.68. The third kappa shape index (κ3) is 2.15. The fourth-order valence-electron chi connectivity index (χ4n) is 1.31. The number of aryl methyl sites for hydroxylation is 1. The lowest BCUT2D eigenvalue weighted by Crippen LogP contribution is -2.20. The van der Waals surface area contributed by atoms with Crippen LogP contribution < -0.4 is 5.32 Å². The Bertz CT molecular complexity index is 404. The zero-order valence-electron chi connectivity index (χ0n) is 8.55. The van der Waals surface area contributed by atoms with E-state index in [0.29, 0.717) is 12.2 Å². The summed E-state index contributed by atoms with van der Waals surface area (Å²) in [6, 6.07) is 0.0247. The first-order chi connectivity index (χ1) is 7.29. The van der Waals surface area contributed by atoms with Crippen LogP contribution in [-0.2, 0) is 13.5 Å². The minimum Gasteiger partial charge on any atom is -0.310 e. The first kappa shape index (κ1) is 9.71. The Hall–Kier alpha value is -1.83. The summed E-state index contributed by atoms with van der Waals surface area (Å²) < 4.78 is 0. The van der Waals surface area contributed by atoms with Gasteiger partial charge < -0.3 is 5.32 Å². The smallest absolute Gasteiger partial charge is 0.176 e. The molecule has 0 aliphatic carbocycles. The van der Waals surface area contributed by atoms with Crippen LogP contribution in [0.25, 0.3) is 0 Å². The lowest BCUT2D eigenvalue weighted by molar-refractivity contribution is 0.542. The molecule has 8 nitrogen and oxygen atoms in total. The molecule has 2 rings (SSSR count). The third-order valence-electron chi connectivity index (χ3n) is 2.05. The van der Waals surface area contributed by atoms with Crippen molar-refractivity contribution in [3.8, 4) is 0 Å². The molecule has 2 aromatic rings. The highest BCUT2D eigenvalue weighted by Gasteiger charge is 2.15. The molecule has 80 valence electrons. The maximum Gasteiger partial charge on any atom is 0.176 e. The monoisotopic (exact) mass is 208 g/mol. The van der Waals surface area contributed by atoms with Gasteiger partial charge in [-0.05, 0) is 12.3 Å². The van der Waals surface area contributed by atoms with Crippen molar-refractivity contribution in [1.29, 1.82) is 0 Å². The Balaban J connectivity index is 2.09. The molecule has 0 aliphatic heterocycles. The summed E-state index contributed by atoms with van der Waals surface area (Å²) in [6.07, 6.45) is 2.10. The van der Waals surface area contributed by atoms with Crippen molar-refractivity contribution in [2.24, 2.45) is 7.05 Å². The lowest BCUT2D eigenvalue weighted by atomic mass is 10.2. The highest BCUT2D eigenvalue weighted by molar-refractivity contribution is 4.96. The molecule has 0 saturated carbocycles. The van der Waals surface area contributed by atoms with Crippen molar-refractivity contribution in [1.82, 2.24) is 40.7 Å². The quantitative estimate of drug-likeness (QED) is 0.657. The summed E-state index contributed by atoms with van der Waals surface area (Å²) in [5, 5.41) is 21.5. The normalized spacial score (nSPS) is 12.9. The first-order valence-corrected chi connectivity index (χ1v) is 4.55. The van der Waals surface area contributed by atoms with E-state index >= 15 is 0 Å². The highest BCUT2D eigenvalue weighted by Crippen LogP contribution is 2.09. The molecule has 15 heavy (non-hydrogen) atoms. The van der Waals surface area contributed by atoms with Crippen LogP contribution in [0.15, 0.2) is 6.33 Å². The Morgan fingerprint density at radius 3 is 3.00 bits per heavy atom. The van der Waals surface area contributed by atoms with Gasteiger partial charge in [-0.1, -0.05) is 0 Å². The van der Waals surface area contributed by atoms with E-state index in [0.717, 1.165) is 5.82 Å². The number of hydrogen-bond acceptors (Lipinski definition) is 6. The molecule has 0 bridgehead atoms. The number of H-pyrrole nitrogens is 1. The molecule has 8 heteroatoms. The first-order valence-electron chi connectivity index (χ1n) is 4.55. The second-order valence-electron chi connectivity index (χ2n) is 3.11. The van der Waals surface area contributed by atoms with Crippen molar-refractivity contribution in [2.45, 2.75) is 12.5 Å². The van der Waals surface area contributed by atoms with E-state index in [4.69, 9.17) is 0 Å². The fraction of sp³-hybridized carbons (Fsp3) is 0.571. The number of likely N-dealkylation sites (N-methyl/N-ethyl adjacent to an activating group) is 1. The van der Waals surface area contributed by atoms with Crippen LogP contribution in [0.3, 0.4) is 0 Å². The summed E-state index contributed by atoms with van der Waals surface area (Å²) in [6.45, 7) is 0. The Labute approximate surface area is 86.1 Å². The fourth-order valence-corrected chi connectivity index (χ4v) is 1.31. The third-order valence-corrected chi connectivity index (χ3v) is 2.05. The Morgan fingerprint density at radius 1 is 1.60 bits per heavy atom. The SMILES string of the molecule is CNC(Cc1nnn(C)n1)c1ncn[nH]1. The average molecular weight is 208 g/mol. The van der Waals surface area contributed by atoms with Crippen molar-refractivity contribution < 1.29 is 0 Å². The second-order valence-corrected chi connectivity index (χ2v) is 3.11. The molecular weight excluding hydrogens is 196 g/mol. The van der Waals surface area contributed by atoms with Gasteiger partial charge in [0.15, 0.2) is 5.82 Å². The number of rotatable bonds is 4. The van der Waals surface area contributed by atoms with Gasteiger partial charge in [0.05, 0.1) is 13.1 Å². The zero-order valence-corrected chi connectivity index (χ0v) is 8.55. The van der Waals surface area contributed by atoms with Crippen LogP contribution in [0, 0.1) is 0 Å². The zero-order chi connectivity index (χ0) is 10.7. The topological polar surface area (TPSA) is 97.2 Å². The number of tetrazole rings is 1.